The van der Waals surface area contributed by atoms with Crippen LogP contribution in [-0.2, 0) is 9.59 Å². The minimum absolute atomic E-state index is 0.000185. The van der Waals surface area contributed by atoms with Gasteiger partial charge in [-0.3, -0.25) is 9.59 Å². The number of hydrogen-bond donors (Lipinski definition) is 2. The van der Waals surface area contributed by atoms with Gasteiger partial charge in [-0.2, -0.15) is 0 Å². The Morgan fingerprint density at radius 1 is 0.679 bits per heavy atom. The van der Waals surface area contributed by atoms with Crippen LogP contribution in [0.3, 0.4) is 0 Å². The van der Waals surface area contributed by atoms with E-state index in [9.17, 15) is 19.2 Å². The molecule has 2 N–H and O–H groups in total. The summed E-state index contributed by atoms with van der Waals surface area (Å²) in [7, 11) is 0. The number of aromatic carboxylic acids is 2. The molecule has 2 rings (SSSR count). The third kappa shape index (κ3) is 6.24. The second-order valence-corrected chi connectivity index (χ2v) is 5.70. The van der Waals surface area contributed by atoms with Crippen LogP contribution in [0.15, 0.2) is 36.4 Å². The molecule has 0 amide bonds. The first-order valence-electron chi connectivity index (χ1n) is 8.07. The lowest BCUT2D eigenvalue weighted by molar-refractivity contribution is -0.132. The first kappa shape index (κ1) is 22.4. The molecule has 0 aliphatic carbocycles. The zero-order chi connectivity index (χ0) is 21.4. The highest BCUT2D eigenvalue weighted by Gasteiger charge is 2.15. The number of benzene rings is 2. The summed E-state index contributed by atoms with van der Waals surface area (Å²) in [6.45, 7) is 5.84. The third-order valence-corrected chi connectivity index (χ3v) is 3.38. The van der Waals surface area contributed by atoms with Gasteiger partial charge in [-0.1, -0.05) is 24.3 Å². The van der Waals surface area contributed by atoms with Gasteiger partial charge >= 0.3 is 23.9 Å². The number of esters is 2. The number of carboxylic acids is 2. The zero-order valence-corrected chi connectivity index (χ0v) is 15.8. The van der Waals surface area contributed by atoms with Gasteiger partial charge < -0.3 is 19.7 Å². The van der Waals surface area contributed by atoms with E-state index in [-0.39, 0.29) is 22.6 Å². The molecule has 0 fully saturated rings. The number of ether oxygens (including phenoxy) is 2. The summed E-state index contributed by atoms with van der Waals surface area (Å²) in [6.07, 6.45) is 0. The van der Waals surface area contributed by atoms with E-state index in [0.29, 0.717) is 11.1 Å². The van der Waals surface area contributed by atoms with Crippen LogP contribution >= 0.6 is 0 Å². The second-order valence-electron chi connectivity index (χ2n) is 5.70. The Bertz CT molecular complexity index is 839. The maximum absolute atomic E-state index is 10.8. The van der Waals surface area contributed by atoms with Crippen LogP contribution in [0.4, 0.5) is 0 Å². The molecular weight excluding hydrogens is 368 g/mol. The minimum atomic E-state index is -1.11. The van der Waals surface area contributed by atoms with Gasteiger partial charge in [0.25, 0.3) is 0 Å². The summed E-state index contributed by atoms with van der Waals surface area (Å²) >= 11 is 0. The standard InChI is InChI=1S/2C10H10O4/c2*1-6-4-3-5-8(10(12)13)9(6)14-7(2)11/h2*3-5H,1-2H3,(H,12,13). The molecule has 0 radical (unpaired) electrons. The third-order valence-electron chi connectivity index (χ3n) is 3.38. The van der Waals surface area contributed by atoms with E-state index >= 15 is 0 Å². The number of carbonyl (C=O) groups excluding carboxylic acids is 2. The number of rotatable bonds is 4. The summed E-state index contributed by atoms with van der Waals surface area (Å²) in [4.78, 5) is 43.0. The predicted molar refractivity (Wildman–Crippen MR) is 98.9 cm³/mol. The highest BCUT2D eigenvalue weighted by atomic mass is 16.5. The van der Waals surface area contributed by atoms with Crippen LogP contribution in [0.2, 0.25) is 0 Å². The topological polar surface area (TPSA) is 127 Å². The number of carbonyl (C=O) groups is 4. The van der Waals surface area contributed by atoms with Crippen LogP contribution in [0.25, 0.3) is 0 Å². The fourth-order valence-electron chi connectivity index (χ4n) is 2.20. The fraction of sp³-hybridized carbons (Fsp3) is 0.200. The summed E-state index contributed by atoms with van der Waals surface area (Å²) in [5.74, 6) is -3.03. The Morgan fingerprint density at radius 2 is 1.00 bits per heavy atom. The van der Waals surface area contributed by atoms with Gasteiger partial charge in [-0.05, 0) is 37.1 Å². The molecule has 0 aliphatic heterocycles. The van der Waals surface area contributed by atoms with Gasteiger partial charge in [0.1, 0.15) is 22.6 Å². The first-order chi connectivity index (χ1) is 13.0. The molecule has 148 valence electrons. The van der Waals surface area contributed by atoms with E-state index in [1.54, 1.807) is 38.1 Å². The zero-order valence-electron chi connectivity index (χ0n) is 15.8. The van der Waals surface area contributed by atoms with Crippen LogP contribution < -0.4 is 9.47 Å². The van der Waals surface area contributed by atoms with Gasteiger partial charge in [0.05, 0.1) is 0 Å². The average Bonchev–Trinajstić information content (AvgIpc) is 2.58. The van der Waals surface area contributed by atoms with Crippen LogP contribution in [0.1, 0.15) is 45.7 Å². The number of hydrogen-bond acceptors (Lipinski definition) is 6. The molecule has 8 nitrogen and oxygen atoms in total. The molecule has 0 atom stereocenters. The van der Waals surface area contributed by atoms with Crippen molar-refractivity contribution in [2.45, 2.75) is 27.7 Å². The predicted octanol–water partition coefficient (Wildman–Crippen LogP) is 3.24. The lowest BCUT2D eigenvalue weighted by Gasteiger charge is -2.07. The maximum atomic E-state index is 10.8. The van der Waals surface area contributed by atoms with E-state index in [1.807, 2.05) is 0 Å². The molecule has 2 aromatic rings. The average molecular weight is 388 g/mol. The number of carboxylic acid groups (broad SMARTS) is 2. The van der Waals surface area contributed by atoms with Crippen molar-refractivity contribution >= 4 is 23.9 Å². The molecule has 0 aliphatic rings. The Morgan fingerprint density at radius 3 is 1.25 bits per heavy atom. The number of aryl methyl sites for hydroxylation is 2. The summed E-state index contributed by atoms with van der Waals surface area (Å²) < 4.78 is 9.64. The lowest BCUT2D eigenvalue weighted by Crippen LogP contribution is -2.08. The monoisotopic (exact) mass is 388 g/mol. The van der Waals surface area contributed by atoms with Crippen LogP contribution in [0.5, 0.6) is 11.5 Å². The van der Waals surface area contributed by atoms with Gasteiger partial charge in [0.15, 0.2) is 0 Å². The van der Waals surface area contributed by atoms with Gasteiger partial charge in [0.2, 0.25) is 0 Å². The van der Waals surface area contributed by atoms with Crippen molar-refractivity contribution in [3.05, 3.63) is 58.7 Å². The lowest BCUT2D eigenvalue weighted by atomic mass is 10.1. The van der Waals surface area contributed by atoms with Crippen molar-refractivity contribution < 1.29 is 38.9 Å². The van der Waals surface area contributed by atoms with Crippen molar-refractivity contribution in [3.8, 4) is 11.5 Å². The number of para-hydroxylation sites is 2. The maximum Gasteiger partial charge on any atom is 0.339 e. The quantitative estimate of drug-likeness (QED) is 0.604. The highest BCUT2D eigenvalue weighted by molar-refractivity contribution is 5.93. The fourth-order valence-corrected chi connectivity index (χ4v) is 2.20. The first-order valence-corrected chi connectivity index (χ1v) is 8.07. The van der Waals surface area contributed by atoms with Crippen LogP contribution in [-0.4, -0.2) is 34.1 Å². The largest absolute Gasteiger partial charge is 0.478 e. The van der Waals surface area contributed by atoms with Crippen molar-refractivity contribution in [3.63, 3.8) is 0 Å². The van der Waals surface area contributed by atoms with Gasteiger partial charge in [-0.15, -0.1) is 0 Å². The van der Waals surface area contributed by atoms with Gasteiger partial charge in [0, 0.05) is 13.8 Å². The van der Waals surface area contributed by atoms with Crippen molar-refractivity contribution in [1.82, 2.24) is 0 Å². The van der Waals surface area contributed by atoms with Crippen molar-refractivity contribution in [2.24, 2.45) is 0 Å². The minimum Gasteiger partial charge on any atom is -0.478 e. The normalized spacial score (nSPS) is 9.57. The van der Waals surface area contributed by atoms with Gasteiger partial charge in [-0.25, -0.2) is 9.59 Å². The smallest absolute Gasteiger partial charge is 0.339 e. The Kier molecular flexibility index (Phi) is 7.88. The molecule has 0 unspecified atom stereocenters. The van der Waals surface area contributed by atoms with E-state index in [1.165, 1.54) is 26.0 Å². The molecule has 0 aromatic heterocycles. The second kappa shape index (κ2) is 9.86. The summed E-state index contributed by atoms with van der Waals surface area (Å²) in [6, 6.07) is 9.37. The van der Waals surface area contributed by atoms with Crippen molar-refractivity contribution in [2.75, 3.05) is 0 Å². The summed E-state index contributed by atoms with van der Waals surface area (Å²) in [5, 5.41) is 17.6. The molecule has 0 saturated heterocycles. The van der Waals surface area contributed by atoms with Crippen molar-refractivity contribution in [1.29, 1.82) is 0 Å². The molecule has 2 aromatic carbocycles. The van der Waals surface area contributed by atoms with E-state index in [0.717, 1.165) is 0 Å². The van der Waals surface area contributed by atoms with E-state index in [4.69, 9.17) is 19.7 Å². The Hall–Kier alpha value is -3.68. The molecule has 0 saturated carbocycles. The van der Waals surface area contributed by atoms with E-state index in [2.05, 4.69) is 0 Å². The van der Waals surface area contributed by atoms with E-state index < -0.39 is 23.9 Å². The molecular formula is C20H20O8. The summed E-state index contributed by atoms with van der Waals surface area (Å²) in [5.41, 5.74) is 1.25. The molecule has 0 heterocycles. The Labute approximate surface area is 161 Å². The highest BCUT2D eigenvalue weighted by Crippen LogP contribution is 2.24. The Balaban J connectivity index is 0.000000280. The molecule has 28 heavy (non-hydrogen) atoms. The van der Waals surface area contributed by atoms with Crippen LogP contribution in [0, 0.1) is 13.8 Å². The molecule has 0 bridgehead atoms. The molecule has 0 spiro atoms. The SMILES string of the molecule is CC(=O)Oc1c(C)cccc1C(=O)O.CC(=O)Oc1c(C)cccc1C(=O)O. The molecule has 8 heteroatoms.